The Bertz CT molecular complexity index is 580. The van der Waals surface area contributed by atoms with Gasteiger partial charge in [-0.15, -0.1) is 0 Å². The summed E-state index contributed by atoms with van der Waals surface area (Å²) < 4.78 is 5.21. The van der Waals surface area contributed by atoms with Crippen LogP contribution in [0.25, 0.3) is 11.1 Å². The van der Waals surface area contributed by atoms with E-state index in [1.807, 2.05) is 12.1 Å². The van der Waals surface area contributed by atoms with Gasteiger partial charge in [-0.25, -0.2) is 0 Å². The summed E-state index contributed by atoms with van der Waals surface area (Å²) in [4.78, 5) is 0. The monoisotopic (exact) mass is 295 g/mol. The summed E-state index contributed by atoms with van der Waals surface area (Å²) in [7, 11) is 1.70. The van der Waals surface area contributed by atoms with Gasteiger partial charge < -0.3 is 10.5 Å². The Morgan fingerprint density at radius 1 is 0.864 bits per heavy atom. The van der Waals surface area contributed by atoms with Gasteiger partial charge in [0.25, 0.3) is 0 Å². The highest BCUT2D eigenvalue weighted by Gasteiger charge is 2.21. The van der Waals surface area contributed by atoms with Crippen LogP contribution in [0.4, 0.5) is 0 Å². The quantitative estimate of drug-likeness (QED) is 0.895. The van der Waals surface area contributed by atoms with E-state index in [1.165, 1.54) is 42.4 Å². The minimum absolute atomic E-state index is 0.715. The lowest BCUT2D eigenvalue weighted by molar-refractivity contribution is 0.333. The first kappa shape index (κ1) is 15.1. The standard InChI is InChI=1S/C20H25NO/c1-22-20-12-10-19(11-13-20)18-8-6-17(7-9-18)16-4-2-15(14-21)3-5-16/h6-13,15-16H,2-5,14,21H2,1H3. The molecule has 116 valence electrons. The van der Waals surface area contributed by atoms with Crippen molar-refractivity contribution in [2.75, 3.05) is 13.7 Å². The Balaban J connectivity index is 1.69. The molecule has 2 heteroatoms. The van der Waals surface area contributed by atoms with Gasteiger partial charge in [0, 0.05) is 0 Å². The van der Waals surface area contributed by atoms with E-state index in [1.54, 1.807) is 7.11 Å². The third-order valence-corrected chi connectivity index (χ3v) is 4.99. The fourth-order valence-corrected chi connectivity index (χ4v) is 3.46. The molecule has 3 rings (SSSR count). The molecule has 2 N–H and O–H groups in total. The summed E-state index contributed by atoms with van der Waals surface area (Å²) in [5.41, 5.74) is 9.76. The zero-order valence-corrected chi connectivity index (χ0v) is 13.3. The second-order valence-electron chi connectivity index (χ2n) is 6.30. The second-order valence-corrected chi connectivity index (χ2v) is 6.30. The molecule has 0 spiro atoms. The fourth-order valence-electron chi connectivity index (χ4n) is 3.46. The van der Waals surface area contributed by atoms with Crippen LogP contribution in [0.1, 0.15) is 37.2 Å². The van der Waals surface area contributed by atoms with Gasteiger partial charge in [-0.3, -0.25) is 0 Å². The van der Waals surface area contributed by atoms with Crippen LogP contribution in [0.2, 0.25) is 0 Å². The average molecular weight is 295 g/mol. The van der Waals surface area contributed by atoms with Gasteiger partial charge in [-0.05, 0) is 72.9 Å². The van der Waals surface area contributed by atoms with Gasteiger partial charge >= 0.3 is 0 Å². The zero-order chi connectivity index (χ0) is 15.4. The first-order valence-electron chi connectivity index (χ1n) is 8.24. The number of methoxy groups -OCH3 is 1. The van der Waals surface area contributed by atoms with Gasteiger partial charge in [-0.1, -0.05) is 36.4 Å². The Hall–Kier alpha value is -1.80. The van der Waals surface area contributed by atoms with E-state index < -0.39 is 0 Å². The van der Waals surface area contributed by atoms with Crippen LogP contribution in [0.15, 0.2) is 48.5 Å². The molecule has 1 aliphatic carbocycles. The van der Waals surface area contributed by atoms with E-state index in [9.17, 15) is 0 Å². The number of hydrogen-bond acceptors (Lipinski definition) is 2. The Morgan fingerprint density at radius 3 is 1.91 bits per heavy atom. The van der Waals surface area contributed by atoms with Gasteiger partial charge in [0.2, 0.25) is 0 Å². The summed E-state index contributed by atoms with van der Waals surface area (Å²) >= 11 is 0. The van der Waals surface area contributed by atoms with E-state index in [2.05, 4.69) is 36.4 Å². The van der Waals surface area contributed by atoms with Crippen LogP contribution >= 0.6 is 0 Å². The Kier molecular flexibility index (Phi) is 4.79. The fraction of sp³-hybridized carbons (Fsp3) is 0.400. The highest BCUT2D eigenvalue weighted by Crippen LogP contribution is 2.36. The zero-order valence-electron chi connectivity index (χ0n) is 13.3. The maximum atomic E-state index is 5.78. The second kappa shape index (κ2) is 6.97. The van der Waals surface area contributed by atoms with Crippen LogP contribution < -0.4 is 10.5 Å². The molecule has 1 fully saturated rings. The van der Waals surface area contributed by atoms with Crippen molar-refractivity contribution in [3.63, 3.8) is 0 Å². The van der Waals surface area contributed by atoms with E-state index >= 15 is 0 Å². The molecule has 1 aliphatic rings. The van der Waals surface area contributed by atoms with Crippen molar-refractivity contribution < 1.29 is 4.74 Å². The van der Waals surface area contributed by atoms with E-state index in [0.717, 1.165) is 18.2 Å². The molecule has 22 heavy (non-hydrogen) atoms. The van der Waals surface area contributed by atoms with E-state index in [4.69, 9.17) is 10.5 Å². The SMILES string of the molecule is COc1ccc(-c2ccc(C3CCC(CN)CC3)cc2)cc1. The molecule has 2 nitrogen and oxygen atoms in total. The molecule has 0 bridgehead atoms. The normalized spacial score (nSPS) is 21.5. The average Bonchev–Trinajstić information content (AvgIpc) is 2.62. The molecule has 0 unspecified atom stereocenters. The molecule has 0 amide bonds. The van der Waals surface area contributed by atoms with Crippen molar-refractivity contribution in [3.8, 4) is 16.9 Å². The molecule has 1 saturated carbocycles. The van der Waals surface area contributed by atoms with Crippen LogP contribution in [0, 0.1) is 5.92 Å². The number of benzene rings is 2. The Morgan fingerprint density at radius 2 is 1.41 bits per heavy atom. The Labute approximate surface area is 133 Å². The lowest BCUT2D eigenvalue weighted by atomic mass is 9.78. The van der Waals surface area contributed by atoms with Gasteiger partial charge in [0.15, 0.2) is 0 Å². The number of rotatable bonds is 4. The number of ether oxygens (including phenoxy) is 1. The molecule has 0 aliphatic heterocycles. The molecule has 0 heterocycles. The van der Waals surface area contributed by atoms with Crippen LogP contribution in [0.3, 0.4) is 0 Å². The minimum atomic E-state index is 0.715. The summed E-state index contributed by atoms with van der Waals surface area (Å²) in [5, 5.41) is 0. The van der Waals surface area contributed by atoms with Crippen molar-refractivity contribution in [2.24, 2.45) is 11.7 Å². The lowest BCUT2D eigenvalue weighted by Crippen LogP contribution is -2.20. The van der Waals surface area contributed by atoms with Crippen molar-refractivity contribution in [3.05, 3.63) is 54.1 Å². The topological polar surface area (TPSA) is 35.2 Å². The maximum Gasteiger partial charge on any atom is 0.118 e. The lowest BCUT2D eigenvalue weighted by Gasteiger charge is -2.28. The van der Waals surface area contributed by atoms with Crippen molar-refractivity contribution in [1.82, 2.24) is 0 Å². The van der Waals surface area contributed by atoms with Crippen molar-refractivity contribution in [2.45, 2.75) is 31.6 Å². The molecule has 0 atom stereocenters. The van der Waals surface area contributed by atoms with Crippen LogP contribution in [-0.2, 0) is 0 Å². The smallest absolute Gasteiger partial charge is 0.118 e. The molecule has 2 aromatic carbocycles. The minimum Gasteiger partial charge on any atom is -0.497 e. The molecular formula is C20H25NO. The predicted octanol–water partition coefficient (Wildman–Crippen LogP) is 4.59. The van der Waals surface area contributed by atoms with Crippen molar-refractivity contribution >= 4 is 0 Å². The molecule has 0 aromatic heterocycles. The number of nitrogens with two attached hydrogens (primary N) is 1. The van der Waals surface area contributed by atoms with Crippen LogP contribution in [0.5, 0.6) is 5.75 Å². The third kappa shape index (κ3) is 3.33. The highest BCUT2D eigenvalue weighted by molar-refractivity contribution is 5.64. The molecule has 2 aromatic rings. The molecular weight excluding hydrogens is 270 g/mol. The van der Waals surface area contributed by atoms with Crippen molar-refractivity contribution in [1.29, 1.82) is 0 Å². The molecule has 0 saturated heterocycles. The van der Waals surface area contributed by atoms with E-state index in [-0.39, 0.29) is 0 Å². The molecule has 0 radical (unpaired) electrons. The largest absolute Gasteiger partial charge is 0.497 e. The summed E-state index contributed by atoms with van der Waals surface area (Å²) in [6.45, 7) is 0.850. The van der Waals surface area contributed by atoms with E-state index in [0.29, 0.717) is 5.92 Å². The third-order valence-electron chi connectivity index (χ3n) is 4.99. The summed E-state index contributed by atoms with van der Waals surface area (Å²) in [6.07, 6.45) is 5.12. The van der Waals surface area contributed by atoms with Gasteiger partial charge in [0.1, 0.15) is 5.75 Å². The highest BCUT2D eigenvalue weighted by atomic mass is 16.5. The summed E-state index contributed by atoms with van der Waals surface area (Å²) in [6, 6.07) is 17.3. The van der Waals surface area contributed by atoms with Gasteiger partial charge in [-0.2, -0.15) is 0 Å². The first-order chi connectivity index (χ1) is 10.8. The maximum absolute atomic E-state index is 5.78. The summed E-state index contributed by atoms with van der Waals surface area (Å²) in [5.74, 6) is 2.36. The van der Waals surface area contributed by atoms with Crippen LogP contribution in [-0.4, -0.2) is 13.7 Å². The van der Waals surface area contributed by atoms with Gasteiger partial charge in [0.05, 0.1) is 7.11 Å². The predicted molar refractivity (Wildman–Crippen MR) is 92.2 cm³/mol. The first-order valence-corrected chi connectivity index (χ1v) is 8.24. The number of hydrogen-bond donors (Lipinski definition) is 1.